The van der Waals surface area contributed by atoms with Crippen LogP contribution in [0, 0.1) is 3.57 Å². The molecule has 3 aromatic carbocycles. The van der Waals surface area contributed by atoms with Crippen LogP contribution in [0.5, 0.6) is 0 Å². The van der Waals surface area contributed by atoms with Crippen molar-refractivity contribution in [3.63, 3.8) is 0 Å². The number of rotatable bonds is 4. The topological polar surface area (TPSA) is 34.9 Å². The van der Waals surface area contributed by atoms with Crippen LogP contribution in [0.25, 0.3) is 23.1 Å². The summed E-state index contributed by atoms with van der Waals surface area (Å²) < 4.78 is 2.77. The minimum Gasteiger partial charge on any atom is -0.288 e. The van der Waals surface area contributed by atoms with Crippen molar-refractivity contribution in [3.05, 3.63) is 110 Å². The van der Waals surface area contributed by atoms with Gasteiger partial charge in [0.05, 0.1) is 17.4 Å². The van der Waals surface area contributed by atoms with Crippen LogP contribution < -0.4 is 5.56 Å². The molecule has 3 nitrogen and oxygen atoms in total. The molecular weight excluding hydrogens is 447 g/mol. The number of aromatic nitrogens is 2. The number of fused-ring (bicyclic) bond motifs is 1. The van der Waals surface area contributed by atoms with E-state index in [-0.39, 0.29) is 5.56 Å². The van der Waals surface area contributed by atoms with Crippen molar-refractivity contribution in [1.29, 1.82) is 0 Å². The molecule has 0 amide bonds. The van der Waals surface area contributed by atoms with Gasteiger partial charge >= 0.3 is 0 Å². The Morgan fingerprint density at radius 3 is 2.33 bits per heavy atom. The highest BCUT2D eigenvalue weighted by molar-refractivity contribution is 14.1. The highest BCUT2D eigenvalue weighted by atomic mass is 127. The van der Waals surface area contributed by atoms with Crippen molar-refractivity contribution in [3.8, 4) is 0 Å². The maximum Gasteiger partial charge on any atom is 0.261 e. The van der Waals surface area contributed by atoms with Gasteiger partial charge in [-0.3, -0.25) is 9.36 Å². The normalized spacial score (nSPS) is 11.3. The van der Waals surface area contributed by atoms with Crippen molar-refractivity contribution in [1.82, 2.24) is 9.55 Å². The number of hydrogen-bond donors (Lipinski definition) is 0. The van der Waals surface area contributed by atoms with E-state index in [1.807, 2.05) is 91.0 Å². The lowest BCUT2D eigenvalue weighted by atomic mass is 10.2. The van der Waals surface area contributed by atoms with E-state index in [4.69, 9.17) is 4.98 Å². The first-order chi connectivity index (χ1) is 13.2. The summed E-state index contributed by atoms with van der Waals surface area (Å²) in [6.45, 7) is 0.489. The molecule has 0 aliphatic heterocycles. The van der Waals surface area contributed by atoms with Gasteiger partial charge in [-0.25, -0.2) is 4.98 Å². The third-order valence-corrected chi connectivity index (χ3v) is 5.02. The third-order valence-electron chi connectivity index (χ3n) is 4.35. The fourth-order valence-corrected chi connectivity index (χ4v) is 3.48. The van der Waals surface area contributed by atoms with E-state index in [1.165, 1.54) is 0 Å². The van der Waals surface area contributed by atoms with Crippen molar-refractivity contribution in [2.24, 2.45) is 0 Å². The number of halogens is 1. The Morgan fingerprint density at radius 1 is 0.889 bits per heavy atom. The Hall–Kier alpha value is -2.73. The zero-order valence-electron chi connectivity index (χ0n) is 14.5. The number of hydrogen-bond acceptors (Lipinski definition) is 2. The molecule has 0 saturated heterocycles. The summed E-state index contributed by atoms with van der Waals surface area (Å²) in [5.41, 5.74) is 2.84. The molecule has 1 heterocycles. The van der Waals surface area contributed by atoms with E-state index in [0.29, 0.717) is 17.8 Å². The monoisotopic (exact) mass is 464 g/mol. The van der Waals surface area contributed by atoms with Gasteiger partial charge in [0.2, 0.25) is 0 Å². The highest BCUT2D eigenvalue weighted by Crippen LogP contribution is 2.15. The van der Waals surface area contributed by atoms with E-state index in [9.17, 15) is 4.79 Å². The van der Waals surface area contributed by atoms with Crippen molar-refractivity contribution in [2.45, 2.75) is 6.54 Å². The summed E-state index contributed by atoms with van der Waals surface area (Å²) in [7, 11) is 0. The van der Waals surface area contributed by atoms with Crippen molar-refractivity contribution in [2.75, 3.05) is 0 Å². The standard InChI is InChI=1S/C23H17IN2O/c24-19-12-13-21-20(15-19)23(27)26(16-18-9-5-2-6-10-18)22(25-21)14-11-17-7-3-1-4-8-17/h1-15H,16H2/b14-11+. The van der Waals surface area contributed by atoms with Gasteiger partial charge in [-0.1, -0.05) is 66.7 Å². The summed E-state index contributed by atoms with van der Waals surface area (Å²) in [5.74, 6) is 0.654. The molecule has 0 bridgehead atoms. The molecule has 1 aromatic heterocycles. The zero-order chi connectivity index (χ0) is 18.6. The third kappa shape index (κ3) is 4.01. The zero-order valence-corrected chi connectivity index (χ0v) is 16.7. The summed E-state index contributed by atoms with van der Waals surface area (Å²) in [4.78, 5) is 18.0. The Balaban J connectivity index is 1.87. The highest BCUT2D eigenvalue weighted by Gasteiger charge is 2.10. The molecule has 0 N–H and O–H groups in total. The summed E-state index contributed by atoms with van der Waals surface area (Å²) in [6.07, 6.45) is 3.90. The maximum atomic E-state index is 13.2. The van der Waals surface area contributed by atoms with Crippen LogP contribution in [0.4, 0.5) is 0 Å². The van der Waals surface area contributed by atoms with Gasteiger partial charge < -0.3 is 0 Å². The minimum atomic E-state index is -0.0184. The average molecular weight is 464 g/mol. The van der Waals surface area contributed by atoms with Crippen molar-refractivity contribution >= 4 is 45.6 Å². The molecule has 27 heavy (non-hydrogen) atoms. The second-order valence-electron chi connectivity index (χ2n) is 6.25. The lowest BCUT2D eigenvalue weighted by Crippen LogP contribution is -2.24. The largest absolute Gasteiger partial charge is 0.288 e. The van der Waals surface area contributed by atoms with E-state index in [0.717, 1.165) is 20.2 Å². The molecule has 0 atom stereocenters. The summed E-state index contributed by atoms with van der Waals surface area (Å²) in [5, 5.41) is 0.648. The molecule has 0 saturated carbocycles. The molecule has 0 spiro atoms. The van der Waals surface area contributed by atoms with Crippen LogP contribution in [0.15, 0.2) is 83.7 Å². The first-order valence-corrected chi connectivity index (χ1v) is 9.76. The van der Waals surface area contributed by atoms with Crippen LogP contribution in [-0.4, -0.2) is 9.55 Å². The fourth-order valence-electron chi connectivity index (χ4n) is 2.99. The second-order valence-corrected chi connectivity index (χ2v) is 7.50. The van der Waals surface area contributed by atoms with Crippen LogP contribution in [0.2, 0.25) is 0 Å². The lowest BCUT2D eigenvalue weighted by Gasteiger charge is -2.12. The van der Waals surface area contributed by atoms with Crippen LogP contribution in [-0.2, 0) is 6.54 Å². The molecule has 4 aromatic rings. The second kappa shape index (κ2) is 7.88. The van der Waals surface area contributed by atoms with Crippen molar-refractivity contribution < 1.29 is 0 Å². The first kappa shape index (κ1) is 17.7. The molecule has 4 rings (SSSR count). The Labute approximate surface area is 171 Å². The quantitative estimate of drug-likeness (QED) is 0.389. The SMILES string of the molecule is O=c1c2cc(I)ccc2nc(/C=C/c2ccccc2)n1Cc1ccccc1. The van der Waals surface area contributed by atoms with Crippen LogP contribution in [0.1, 0.15) is 17.0 Å². The van der Waals surface area contributed by atoms with Gasteiger partial charge in [0, 0.05) is 3.57 Å². The lowest BCUT2D eigenvalue weighted by molar-refractivity contribution is 0.738. The van der Waals surface area contributed by atoms with Gasteiger partial charge in [0.15, 0.2) is 0 Å². The van der Waals surface area contributed by atoms with E-state index in [1.54, 1.807) is 4.57 Å². The molecule has 4 heteroatoms. The van der Waals surface area contributed by atoms with Gasteiger partial charge in [0.25, 0.3) is 5.56 Å². The predicted octanol–water partition coefficient (Wildman–Crippen LogP) is 5.22. The smallest absolute Gasteiger partial charge is 0.261 e. The Bertz CT molecular complexity index is 1170. The molecule has 0 unspecified atom stereocenters. The maximum absolute atomic E-state index is 13.2. The minimum absolute atomic E-state index is 0.0184. The molecule has 0 aliphatic carbocycles. The molecule has 0 radical (unpaired) electrons. The average Bonchev–Trinajstić information content (AvgIpc) is 2.71. The van der Waals surface area contributed by atoms with Gasteiger partial charge in [-0.05, 0) is 58.0 Å². The van der Waals surface area contributed by atoms with E-state index < -0.39 is 0 Å². The molecular formula is C23H17IN2O. The molecule has 132 valence electrons. The number of nitrogens with zero attached hydrogens (tertiary/aromatic N) is 2. The first-order valence-electron chi connectivity index (χ1n) is 8.68. The van der Waals surface area contributed by atoms with E-state index >= 15 is 0 Å². The van der Waals surface area contributed by atoms with Crippen LogP contribution in [0.3, 0.4) is 0 Å². The van der Waals surface area contributed by atoms with Gasteiger partial charge in [0.1, 0.15) is 5.82 Å². The fraction of sp³-hybridized carbons (Fsp3) is 0.0435. The van der Waals surface area contributed by atoms with Gasteiger partial charge in [-0.15, -0.1) is 0 Å². The number of benzene rings is 3. The Morgan fingerprint density at radius 2 is 1.59 bits per heavy atom. The molecule has 0 fully saturated rings. The van der Waals surface area contributed by atoms with Gasteiger partial charge in [-0.2, -0.15) is 0 Å². The summed E-state index contributed by atoms with van der Waals surface area (Å²) in [6, 6.07) is 25.8. The van der Waals surface area contributed by atoms with Crippen LogP contribution >= 0.6 is 22.6 Å². The predicted molar refractivity (Wildman–Crippen MR) is 120 cm³/mol. The summed E-state index contributed by atoms with van der Waals surface area (Å²) >= 11 is 2.22. The molecule has 0 aliphatic rings. The van der Waals surface area contributed by atoms with E-state index in [2.05, 4.69) is 22.6 Å². The Kier molecular flexibility index (Phi) is 5.16.